The summed E-state index contributed by atoms with van der Waals surface area (Å²) in [6.07, 6.45) is 3.17. The van der Waals surface area contributed by atoms with Crippen molar-refractivity contribution >= 4 is 55.9 Å². The van der Waals surface area contributed by atoms with Gasteiger partial charge in [0.15, 0.2) is 5.69 Å². The zero-order valence-electron chi connectivity index (χ0n) is 22.9. The Morgan fingerprint density at radius 1 is 1.05 bits per heavy atom. The van der Waals surface area contributed by atoms with Crippen molar-refractivity contribution in [2.24, 2.45) is 5.73 Å². The van der Waals surface area contributed by atoms with Crippen molar-refractivity contribution in [3.05, 3.63) is 78.8 Å². The van der Waals surface area contributed by atoms with Gasteiger partial charge in [-0.25, -0.2) is 4.39 Å². The Morgan fingerprint density at radius 3 is 2.63 bits per heavy atom. The average molecular weight is 600 g/mol. The first-order valence-electron chi connectivity index (χ1n) is 13.4. The van der Waals surface area contributed by atoms with Gasteiger partial charge in [0.05, 0.1) is 24.5 Å². The van der Waals surface area contributed by atoms with Crippen LogP contribution in [0.2, 0.25) is 0 Å². The minimum atomic E-state index is -1.39. The molecule has 13 heteroatoms. The first-order valence-corrected chi connectivity index (χ1v) is 14.9. The number of hydrogen-bond donors (Lipinski definition) is 2. The van der Waals surface area contributed by atoms with Crippen molar-refractivity contribution in [2.45, 2.75) is 30.1 Å². The van der Waals surface area contributed by atoms with Crippen molar-refractivity contribution in [1.82, 2.24) is 24.9 Å². The van der Waals surface area contributed by atoms with Gasteiger partial charge in [-0.3, -0.25) is 23.3 Å². The van der Waals surface area contributed by atoms with Crippen molar-refractivity contribution in [1.29, 1.82) is 0 Å². The van der Waals surface area contributed by atoms with Gasteiger partial charge in [0.1, 0.15) is 18.8 Å². The Bertz CT molecular complexity index is 1930. The Labute approximate surface area is 247 Å². The molecule has 1 fully saturated rings. The average Bonchev–Trinajstić information content (AvgIpc) is 3.58. The zero-order chi connectivity index (χ0) is 30.2. The van der Waals surface area contributed by atoms with E-state index in [2.05, 4.69) is 20.6 Å². The van der Waals surface area contributed by atoms with Crippen LogP contribution in [0.3, 0.4) is 0 Å². The molecule has 2 aromatic heterocycles. The van der Waals surface area contributed by atoms with Crippen molar-refractivity contribution < 1.29 is 23.0 Å². The monoisotopic (exact) mass is 599 g/mol. The maximum atomic E-state index is 14.7. The van der Waals surface area contributed by atoms with Crippen LogP contribution in [0.15, 0.2) is 78.0 Å². The number of hydrogen-bond acceptors (Lipinski definition) is 7. The molecule has 0 saturated carbocycles. The molecule has 3 aromatic carbocycles. The number of halogens is 1. The van der Waals surface area contributed by atoms with Crippen LogP contribution >= 0.6 is 0 Å². The van der Waals surface area contributed by atoms with Gasteiger partial charge in [-0.05, 0) is 47.3 Å². The molecule has 3 amide bonds. The Balaban J connectivity index is 1.25. The van der Waals surface area contributed by atoms with E-state index in [1.54, 1.807) is 73.2 Å². The van der Waals surface area contributed by atoms with E-state index in [1.807, 2.05) is 6.07 Å². The minimum Gasteiger partial charge on any atom is -0.364 e. The van der Waals surface area contributed by atoms with Gasteiger partial charge in [-0.15, -0.1) is 0 Å². The SMILES string of the molecule is CS(=O)c1ccc2c(NC(=O)C3CC(F)CN3C(=O)Cn3nc(C(N)=O)c4cc(-c5ccnnc5)ccc43)cccc2c1. The molecular weight excluding hydrogens is 573 g/mol. The lowest BCUT2D eigenvalue weighted by atomic mass is 10.0. The third-order valence-electron chi connectivity index (χ3n) is 7.50. The third-order valence-corrected chi connectivity index (χ3v) is 8.42. The highest BCUT2D eigenvalue weighted by Crippen LogP contribution is 2.29. The second kappa shape index (κ2) is 11.3. The van der Waals surface area contributed by atoms with Crippen LogP contribution in [0.25, 0.3) is 32.8 Å². The molecule has 1 aliphatic heterocycles. The second-order valence-electron chi connectivity index (χ2n) is 10.3. The second-order valence-corrected chi connectivity index (χ2v) is 11.6. The summed E-state index contributed by atoms with van der Waals surface area (Å²) in [5, 5.41) is 16.7. The van der Waals surface area contributed by atoms with Gasteiger partial charge in [0, 0.05) is 50.4 Å². The summed E-state index contributed by atoms with van der Waals surface area (Å²) in [6, 6.07) is 16.5. The number of aromatic nitrogens is 4. The molecule has 0 aliphatic carbocycles. The van der Waals surface area contributed by atoms with Crippen LogP contribution in [0.1, 0.15) is 16.9 Å². The molecule has 1 saturated heterocycles. The number of carbonyl (C=O) groups is 3. The molecule has 0 radical (unpaired) electrons. The van der Waals surface area contributed by atoms with E-state index >= 15 is 0 Å². The highest BCUT2D eigenvalue weighted by atomic mass is 32.2. The highest BCUT2D eigenvalue weighted by Gasteiger charge is 2.40. The summed E-state index contributed by atoms with van der Waals surface area (Å²) in [6.45, 7) is -0.582. The quantitative estimate of drug-likeness (QED) is 0.292. The molecule has 218 valence electrons. The molecule has 6 rings (SSSR count). The Hall–Kier alpha value is -5.04. The van der Waals surface area contributed by atoms with Crippen molar-refractivity contribution in [2.75, 3.05) is 18.1 Å². The van der Waals surface area contributed by atoms with Gasteiger partial charge in [0.2, 0.25) is 11.8 Å². The minimum absolute atomic E-state index is 0.0169. The lowest BCUT2D eigenvalue weighted by Crippen LogP contribution is -2.44. The molecule has 0 spiro atoms. The van der Waals surface area contributed by atoms with E-state index in [9.17, 15) is 23.0 Å². The number of carbonyl (C=O) groups excluding carboxylic acids is 3. The molecule has 3 N–H and O–H groups in total. The molecule has 0 bridgehead atoms. The fourth-order valence-corrected chi connectivity index (χ4v) is 5.97. The van der Waals surface area contributed by atoms with E-state index in [0.717, 1.165) is 21.9 Å². The maximum Gasteiger partial charge on any atom is 0.269 e. The summed E-state index contributed by atoms with van der Waals surface area (Å²) in [7, 11) is -1.17. The number of primary amides is 1. The first kappa shape index (κ1) is 28.1. The van der Waals surface area contributed by atoms with Crippen LogP contribution < -0.4 is 11.1 Å². The molecule has 3 heterocycles. The maximum absolute atomic E-state index is 14.7. The molecule has 1 aliphatic rings. The normalized spacial score (nSPS) is 17.3. The molecule has 5 aromatic rings. The van der Waals surface area contributed by atoms with E-state index in [-0.39, 0.29) is 25.2 Å². The van der Waals surface area contributed by atoms with E-state index in [0.29, 0.717) is 21.5 Å². The Morgan fingerprint density at radius 2 is 1.88 bits per heavy atom. The lowest BCUT2D eigenvalue weighted by Gasteiger charge is -2.24. The van der Waals surface area contributed by atoms with Crippen LogP contribution in [0.5, 0.6) is 0 Å². The summed E-state index contributed by atoms with van der Waals surface area (Å²) in [4.78, 5) is 41.0. The van der Waals surface area contributed by atoms with Crippen molar-refractivity contribution in [3.8, 4) is 11.1 Å². The first-order chi connectivity index (χ1) is 20.7. The number of nitrogens with two attached hydrogens (primary N) is 1. The summed E-state index contributed by atoms with van der Waals surface area (Å²) < 4.78 is 27.9. The third kappa shape index (κ3) is 5.46. The number of benzene rings is 3. The number of rotatable bonds is 7. The fraction of sp³-hybridized carbons (Fsp3) is 0.200. The van der Waals surface area contributed by atoms with Crippen LogP contribution in [0.4, 0.5) is 10.1 Å². The van der Waals surface area contributed by atoms with Gasteiger partial charge in [-0.2, -0.15) is 15.3 Å². The van der Waals surface area contributed by atoms with Crippen molar-refractivity contribution in [3.63, 3.8) is 0 Å². The number of alkyl halides is 1. The molecule has 43 heavy (non-hydrogen) atoms. The number of likely N-dealkylation sites (tertiary alicyclic amines) is 1. The molecule has 3 unspecified atom stereocenters. The number of nitrogens with one attached hydrogen (secondary N) is 1. The van der Waals surface area contributed by atoms with Gasteiger partial charge >= 0.3 is 0 Å². The number of nitrogens with zero attached hydrogens (tertiary/aromatic N) is 5. The number of anilines is 1. The number of fused-ring (bicyclic) bond motifs is 2. The lowest BCUT2D eigenvalue weighted by molar-refractivity contribution is -0.137. The van der Waals surface area contributed by atoms with Gasteiger partial charge < -0.3 is 16.0 Å². The predicted octanol–water partition coefficient (Wildman–Crippen LogP) is 3.06. The topological polar surface area (TPSA) is 153 Å². The van der Waals surface area contributed by atoms with E-state index < -0.39 is 40.7 Å². The van der Waals surface area contributed by atoms with Crippen LogP contribution in [0, 0.1) is 0 Å². The zero-order valence-corrected chi connectivity index (χ0v) is 23.8. The van der Waals surface area contributed by atoms with Crippen LogP contribution in [-0.4, -0.2) is 71.8 Å². The van der Waals surface area contributed by atoms with Gasteiger partial charge in [0.25, 0.3) is 5.91 Å². The highest BCUT2D eigenvalue weighted by molar-refractivity contribution is 7.84. The summed E-state index contributed by atoms with van der Waals surface area (Å²) in [5.41, 5.74) is 8.08. The van der Waals surface area contributed by atoms with Crippen LogP contribution in [-0.2, 0) is 26.9 Å². The van der Waals surface area contributed by atoms with E-state index in [1.165, 1.54) is 9.58 Å². The summed E-state index contributed by atoms with van der Waals surface area (Å²) >= 11 is 0. The molecule has 11 nitrogen and oxygen atoms in total. The molecular formula is C30H26FN7O4S. The largest absolute Gasteiger partial charge is 0.364 e. The summed E-state index contributed by atoms with van der Waals surface area (Å²) in [5.74, 6) is -1.82. The predicted molar refractivity (Wildman–Crippen MR) is 159 cm³/mol. The Kier molecular flexibility index (Phi) is 7.40. The number of amides is 3. The molecule has 3 atom stereocenters. The smallest absolute Gasteiger partial charge is 0.269 e. The van der Waals surface area contributed by atoms with E-state index in [4.69, 9.17) is 5.73 Å². The fourth-order valence-electron chi connectivity index (χ4n) is 5.42. The standard InChI is InChI=1S/C30H26FN7O4S/c1-43(42)21-6-7-22-18(11-21)3-2-4-24(22)35-30(41)26-13-20(31)15-37(26)27(39)16-38-25-8-5-17(19-9-10-33-34-14-19)12-23(25)28(36-38)29(32)40/h2-12,14,20,26H,13,15-16H2,1H3,(H2,32,40)(H,35,41). The van der Waals surface area contributed by atoms with Gasteiger partial charge in [-0.1, -0.05) is 24.3 Å².